The molecule has 4 nitrogen and oxygen atoms in total. The van der Waals surface area contributed by atoms with Crippen LogP contribution < -0.4 is 5.56 Å². The van der Waals surface area contributed by atoms with Crippen LogP contribution in [-0.4, -0.2) is 14.6 Å². The highest BCUT2D eigenvalue weighted by molar-refractivity contribution is 5.61. The van der Waals surface area contributed by atoms with Crippen LogP contribution in [0, 0.1) is 0 Å². The van der Waals surface area contributed by atoms with Gasteiger partial charge in [0, 0.05) is 23.9 Å². The quantitative estimate of drug-likeness (QED) is 0.744. The molecule has 0 aliphatic heterocycles. The Morgan fingerprint density at radius 1 is 1.10 bits per heavy atom. The van der Waals surface area contributed by atoms with E-state index >= 15 is 0 Å². The number of benzene rings is 1. The van der Waals surface area contributed by atoms with E-state index in [0.717, 1.165) is 12.1 Å². The van der Waals surface area contributed by atoms with Gasteiger partial charge in [0.05, 0.1) is 11.3 Å². The first kappa shape index (κ1) is 12.5. The Balaban J connectivity index is 2.09. The van der Waals surface area contributed by atoms with Crippen molar-refractivity contribution < 1.29 is 13.2 Å². The summed E-state index contributed by atoms with van der Waals surface area (Å²) in [5, 5.41) is 2.69. The van der Waals surface area contributed by atoms with Crippen LogP contribution in [0.25, 0.3) is 16.9 Å². The molecular formula is C13H8F3N3O. The van der Waals surface area contributed by atoms with Gasteiger partial charge in [0.25, 0.3) is 5.56 Å². The number of aromatic nitrogens is 3. The van der Waals surface area contributed by atoms with Gasteiger partial charge in [0.1, 0.15) is 0 Å². The minimum Gasteiger partial charge on any atom is -0.297 e. The first-order valence-electron chi connectivity index (χ1n) is 5.70. The third kappa shape index (κ3) is 2.07. The Morgan fingerprint density at radius 2 is 1.80 bits per heavy atom. The Hall–Kier alpha value is -2.57. The molecular weight excluding hydrogens is 271 g/mol. The second kappa shape index (κ2) is 4.22. The van der Waals surface area contributed by atoms with E-state index in [-0.39, 0.29) is 5.56 Å². The van der Waals surface area contributed by atoms with Gasteiger partial charge in [-0.3, -0.25) is 9.89 Å². The minimum atomic E-state index is -4.38. The monoisotopic (exact) mass is 279 g/mol. The number of halogens is 3. The number of H-pyrrole nitrogens is 1. The van der Waals surface area contributed by atoms with Crippen molar-refractivity contribution in [2.24, 2.45) is 0 Å². The molecule has 2 heterocycles. The van der Waals surface area contributed by atoms with Gasteiger partial charge in [-0.2, -0.15) is 13.2 Å². The molecule has 0 aliphatic rings. The number of aromatic amines is 1. The third-order valence-corrected chi connectivity index (χ3v) is 2.89. The van der Waals surface area contributed by atoms with Gasteiger partial charge < -0.3 is 0 Å². The topological polar surface area (TPSA) is 50.2 Å². The molecule has 2 aromatic heterocycles. The van der Waals surface area contributed by atoms with Gasteiger partial charge in [-0.05, 0) is 12.1 Å². The molecule has 0 aliphatic carbocycles. The average molecular weight is 279 g/mol. The molecule has 0 unspecified atom stereocenters. The normalized spacial score (nSPS) is 11.9. The second-order valence-electron chi connectivity index (χ2n) is 4.21. The number of fused-ring (bicyclic) bond motifs is 1. The first-order chi connectivity index (χ1) is 9.45. The molecule has 0 radical (unpaired) electrons. The predicted molar refractivity (Wildman–Crippen MR) is 66.3 cm³/mol. The Morgan fingerprint density at radius 3 is 2.45 bits per heavy atom. The summed E-state index contributed by atoms with van der Waals surface area (Å²) in [5.41, 5.74) is 0.144. The van der Waals surface area contributed by atoms with Crippen LogP contribution in [0.15, 0.2) is 47.4 Å². The van der Waals surface area contributed by atoms with Crippen LogP contribution in [0.5, 0.6) is 0 Å². The van der Waals surface area contributed by atoms with Crippen molar-refractivity contribution in [3.63, 3.8) is 0 Å². The molecule has 0 saturated heterocycles. The molecule has 20 heavy (non-hydrogen) atoms. The zero-order valence-corrected chi connectivity index (χ0v) is 9.98. The van der Waals surface area contributed by atoms with E-state index in [9.17, 15) is 18.0 Å². The van der Waals surface area contributed by atoms with E-state index in [1.54, 1.807) is 12.3 Å². The highest BCUT2D eigenvalue weighted by atomic mass is 19.4. The predicted octanol–water partition coefficient (Wildman–Crippen LogP) is 2.71. The van der Waals surface area contributed by atoms with Crippen molar-refractivity contribution in [2.75, 3.05) is 0 Å². The van der Waals surface area contributed by atoms with Crippen molar-refractivity contribution in [2.45, 2.75) is 6.18 Å². The van der Waals surface area contributed by atoms with Crippen LogP contribution in [0.3, 0.4) is 0 Å². The summed E-state index contributed by atoms with van der Waals surface area (Å²) >= 11 is 0. The maximum Gasteiger partial charge on any atom is 0.416 e. The van der Waals surface area contributed by atoms with Gasteiger partial charge in [-0.1, -0.05) is 12.1 Å². The van der Waals surface area contributed by atoms with E-state index in [1.807, 2.05) is 0 Å². The molecule has 3 rings (SSSR count). The van der Waals surface area contributed by atoms with Gasteiger partial charge in [0.2, 0.25) is 0 Å². The van der Waals surface area contributed by atoms with Crippen LogP contribution in [0.2, 0.25) is 0 Å². The van der Waals surface area contributed by atoms with Crippen LogP contribution in [-0.2, 0) is 6.18 Å². The molecule has 0 fully saturated rings. The zero-order valence-electron chi connectivity index (χ0n) is 9.98. The van der Waals surface area contributed by atoms with Gasteiger partial charge in [0.15, 0.2) is 5.65 Å². The van der Waals surface area contributed by atoms with E-state index in [4.69, 9.17) is 0 Å². The summed E-state index contributed by atoms with van der Waals surface area (Å²) in [6.45, 7) is 0. The fraction of sp³-hybridized carbons (Fsp3) is 0.0769. The standard InChI is InChI=1S/C13H8F3N3O/c14-13(15,16)9-3-1-8(2-4-9)10-7-12(20)19-11(18-10)5-6-17-19/h1-7,17H. The number of rotatable bonds is 1. The van der Waals surface area contributed by atoms with Crippen LogP contribution in [0.1, 0.15) is 5.56 Å². The lowest BCUT2D eigenvalue weighted by atomic mass is 10.1. The molecule has 102 valence electrons. The minimum absolute atomic E-state index is 0.324. The molecule has 0 bridgehead atoms. The molecule has 0 spiro atoms. The number of hydrogen-bond donors (Lipinski definition) is 1. The van der Waals surface area contributed by atoms with Crippen molar-refractivity contribution in [1.82, 2.24) is 14.6 Å². The summed E-state index contributed by atoms with van der Waals surface area (Å²) in [7, 11) is 0. The summed E-state index contributed by atoms with van der Waals surface area (Å²) in [6, 6.07) is 7.41. The van der Waals surface area contributed by atoms with E-state index < -0.39 is 11.7 Å². The zero-order chi connectivity index (χ0) is 14.3. The third-order valence-electron chi connectivity index (χ3n) is 2.89. The fourth-order valence-electron chi connectivity index (χ4n) is 1.91. The summed E-state index contributed by atoms with van der Waals surface area (Å²) in [6.07, 6.45) is -2.82. The van der Waals surface area contributed by atoms with Gasteiger partial charge >= 0.3 is 6.18 Å². The van der Waals surface area contributed by atoms with Crippen molar-refractivity contribution in [3.05, 3.63) is 58.5 Å². The molecule has 7 heteroatoms. The summed E-state index contributed by atoms with van der Waals surface area (Å²) < 4.78 is 38.7. The van der Waals surface area contributed by atoms with Crippen LogP contribution in [0.4, 0.5) is 13.2 Å². The lowest BCUT2D eigenvalue weighted by Gasteiger charge is -2.07. The Kier molecular flexibility index (Phi) is 2.63. The van der Waals surface area contributed by atoms with E-state index in [2.05, 4.69) is 10.1 Å². The van der Waals surface area contributed by atoms with E-state index in [1.165, 1.54) is 22.7 Å². The molecule has 0 saturated carbocycles. The number of hydrogen-bond acceptors (Lipinski definition) is 2. The smallest absolute Gasteiger partial charge is 0.297 e. The van der Waals surface area contributed by atoms with Crippen LogP contribution >= 0.6 is 0 Å². The largest absolute Gasteiger partial charge is 0.416 e. The average Bonchev–Trinajstić information content (AvgIpc) is 2.86. The maximum atomic E-state index is 12.5. The van der Waals surface area contributed by atoms with Gasteiger partial charge in [-0.15, -0.1) is 0 Å². The molecule has 0 amide bonds. The highest BCUT2D eigenvalue weighted by Gasteiger charge is 2.30. The molecule has 1 N–H and O–H groups in total. The van der Waals surface area contributed by atoms with Crippen molar-refractivity contribution in [1.29, 1.82) is 0 Å². The first-order valence-corrected chi connectivity index (χ1v) is 5.70. The number of alkyl halides is 3. The SMILES string of the molecule is O=c1cc(-c2ccc(C(F)(F)F)cc2)nc2cc[nH]n12. The second-order valence-corrected chi connectivity index (χ2v) is 4.21. The van der Waals surface area contributed by atoms with Gasteiger partial charge in [-0.25, -0.2) is 9.50 Å². The molecule has 1 aromatic carbocycles. The lowest BCUT2D eigenvalue weighted by molar-refractivity contribution is -0.137. The maximum absolute atomic E-state index is 12.5. The van der Waals surface area contributed by atoms with Crippen molar-refractivity contribution in [3.8, 4) is 11.3 Å². The number of nitrogens with zero attached hydrogens (tertiary/aromatic N) is 2. The Bertz CT molecular complexity index is 815. The van der Waals surface area contributed by atoms with Crippen molar-refractivity contribution >= 4 is 5.65 Å². The lowest BCUT2D eigenvalue weighted by Crippen LogP contribution is -2.14. The molecule has 0 atom stereocenters. The highest BCUT2D eigenvalue weighted by Crippen LogP contribution is 2.30. The number of nitrogens with one attached hydrogen (secondary N) is 1. The van der Waals surface area contributed by atoms with E-state index in [0.29, 0.717) is 16.9 Å². The summed E-state index contributed by atoms with van der Waals surface area (Å²) in [5.74, 6) is 0. The Labute approximate surface area is 110 Å². The fourth-order valence-corrected chi connectivity index (χ4v) is 1.91. The molecule has 3 aromatic rings. The summed E-state index contributed by atoms with van der Waals surface area (Å²) in [4.78, 5) is 16.0.